The third-order valence-electron chi connectivity index (χ3n) is 2.08. The first kappa shape index (κ1) is 12.7. The van der Waals surface area contributed by atoms with Crippen molar-refractivity contribution in [1.29, 1.82) is 0 Å². The zero-order valence-corrected chi connectivity index (χ0v) is 9.15. The summed E-state index contributed by atoms with van der Waals surface area (Å²) in [7, 11) is 0. The van der Waals surface area contributed by atoms with E-state index in [2.05, 4.69) is 13.8 Å². The van der Waals surface area contributed by atoms with Gasteiger partial charge >= 0.3 is 0 Å². The molecule has 0 aliphatic heterocycles. The molecule has 0 aliphatic rings. The highest BCUT2D eigenvalue weighted by atomic mass is 35.5. The van der Waals surface area contributed by atoms with Crippen molar-refractivity contribution in [2.24, 2.45) is 5.92 Å². The summed E-state index contributed by atoms with van der Waals surface area (Å²) in [4.78, 5) is 0. The Morgan fingerprint density at radius 1 is 1.54 bits per heavy atom. The average molecular weight is 205 g/mol. The molecule has 0 spiro atoms. The molecule has 0 aromatic carbocycles. The van der Waals surface area contributed by atoms with Crippen molar-refractivity contribution in [3.63, 3.8) is 0 Å². The maximum atomic E-state index is 13.0. The van der Waals surface area contributed by atoms with Crippen molar-refractivity contribution in [3.8, 4) is 0 Å². The van der Waals surface area contributed by atoms with E-state index in [1.54, 1.807) is 12.2 Å². The maximum absolute atomic E-state index is 13.0. The predicted octanol–water partition coefficient (Wildman–Crippen LogP) is 4.46. The lowest BCUT2D eigenvalue weighted by atomic mass is 10.0. The molecule has 0 bridgehead atoms. The van der Waals surface area contributed by atoms with Crippen molar-refractivity contribution in [3.05, 3.63) is 24.1 Å². The number of halogens is 2. The van der Waals surface area contributed by atoms with Gasteiger partial charge in [0, 0.05) is 5.88 Å². The van der Waals surface area contributed by atoms with E-state index in [-0.39, 0.29) is 5.83 Å². The molecule has 13 heavy (non-hydrogen) atoms. The van der Waals surface area contributed by atoms with Crippen molar-refractivity contribution in [2.75, 3.05) is 5.88 Å². The summed E-state index contributed by atoms with van der Waals surface area (Å²) in [5.41, 5.74) is 0. The fourth-order valence-corrected chi connectivity index (χ4v) is 0.999. The molecular weight excluding hydrogens is 187 g/mol. The van der Waals surface area contributed by atoms with Crippen LogP contribution < -0.4 is 0 Å². The van der Waals surface area contributed by atoms with Gasteiger partial charge in [0.1, 0.15) is 0 Å². The molecular formula is C11H18ClF. The molecule has 0 rings (SSSR count). The highest BCUT2D eigenvalue weighted by molar-refractivity contribution is 6.18. The Hall–Kier alpha value is -0.300. The molecule has 0 aromatic rings. The molecule has 0 amide bonds. The second kappa shape index (κ2) is 8.31. The molecule has 76 valence electrons. The van der Waals surface area contributed by atoms with Crippen molar-refractivity contribution < 1.29 is 4.39 Å². The summed E-state index contributed by atoms with van der Waals surface area (Å²) in [6, 6.07) is 0. The molecule has 2 heteroatoms. The summed E-state index contributed by atoms with van der Waals surface area (Å²) in [6.07, 6.45) is 7.47. The molecule has 1 unspecified atom stereocenters. The predicted molar refractivity (Wildman–Crippen MR) is 57.7 cm³/mol. The van der Waals surface area contributed by atoms with Gasteiger partial charge in [-0.3, -0.25) is 0 Å². The Morgan fingerprint density at radius 3 is 2.77 bits per heavy atom. The monoisotopic (exact) mass is 204 g/mol. The van der Waals surface area contributed by atoms with E-state index in [1.807, 2.05) is 0 Å². The third-order valence-corrected chi connectivity index (χ3v) is 2.25. The SMILES string of the molecule is CCC(C)CC/C(F)=C\C=C/CCl. The van der Waals surface area contributed by atoms with Gasteiger partial charge in [0.2, 0.25) is 0 Å². The van der Waals surface area contributed by atoms with Crippen LogP contribution in [-0.4, -0.2) is 5.88 Å². The molecule has 0 aromatic heterocycles. The minimum atomic E-state index is -0.0540. The Labute approximate surface area is 85.5 Å². The summed E-state index contributed by atoms with van der Waals surface area (Å²) >= 11 is 5.40. The topological polar surface area (TPSA) is 0 Å². The number of allylic oxidation sites excluding steroid dienone is 4. The van der Waals surface area contributed by atoms with Gasteiger partial charge in [0.05, 0.1) is 5.83 Å². The van der Waals surface area contributed by atoms with Crippen molar-refractivity contribution in [2.45, 2.75) is 33.1 Å². The van der Waals surface area contributed by atoms with Crippen LogP contribution in [0.2, 0.25) is 0 Å². The van der Waals surface area contributed by atoms with E-state index < -0.39 is 0 Å². The zero-order valence-electron chi connectivity index (χ0n) is 8.39. The quantitative estimate of drug-likeness (QED) is 0.443. The largest absolute Gasteiger partial charge is 0.212 e. The van der Waals surface area contributed by atoms with Crippen LogP contribution in [0.1, 0.15) is 33.1 Å². The Bertz CT molecular complexity index is 173. The van der Waals surface area contributed by atoms with Gasteiger partial charge in [-0.1, -0.05) is 32.4 Å². The fraction of sp³-hybridized carbons (Fsp3) is 0.636. The van der Waals surface area contributed by atoms with E-state index >= 15 is 0 Å². The van der Waals surface area contributed by atoms with Gasteiger partial charge in [0.15, 0.2) is 0 Å². The first-order valence-corrected chi connectivity index (χ1v) is 5.31. The van der Waals surface area contributed by atoms with Crippen LogP contribution in [0, 0.1) is 5.92 Å². The smallest absolute Gasteiger partial charge is 0.0999 e. The molecule has 0 heterocycles. The van der Waals surface area contributed by atoms with Crippen LogP contribution in [0.15, 0.2) is 24.1 Å². The Morgan fingerprint density at radius 2 is 2.23 bits per heavy atom. The van der Waals surface area contributed by atoms with Gasteiger partial charge in [-0.2, -0.15) is 0 Å². The molecule has 0 aliphatic carbocycles. The highest BCUT2D eigenvalue weighted by Crippen LogP contribution is 2.15. The molecule has 0 saturated carbocycles. The van der Waals surface area contributed by atoms with Crippen LogP contribution in [0.4, 0.5) is 4.39 Å². The van der Waals surface area contributed by atoms with Crippen LogP contribution >= 0.6 is 11.6 Å². The van der Waals surface area contributed by atoms with E-state index in [1.165, 1.54) is 6.08 Å². The average Bonchev–Trinajstić information content (AvgIpc) is 2.14. The summed E-state index contributed by atoms with van der Waals surface area (Å²) in [5.74, 6) is 0.993. The Balaban J connectivity index is 3.66. The second-order valence-corrected chi connectivity index (χ2v) is 3.56. The van der Waals surface area contributed by atoms with E-state index in [4.69, 9.17) is 11.6 Å². The molecule has 0 nitrogen and oxygen atoms in total. The highest BCUT2D eigenvalue weighted by Gasteiger charge is 2.00. The Kier molecular flexibility index (Phi) is 8.11. The summed E-state index contributed by atoms with van der Waals surface area (Å²) in [6.45, 7) is 4.27. The van der Waals surface area contributed by atoms with Crippen LogP contribution in [0.25, 0.3) is 0 Å². The summed E-state index contributed by atoms with van der Waals surface area (Å²) in [5, 5.41) is 0. The van der Waals surface area contributed by atoms with Gasteiger partial charge in [-0.05, 0) is 24.8 Å². The van der Waals surface area contributed by atoms with E-state index in [9.17, 15) is 4.39 Å². The minimum absolute atomic E-state index is 0.0540. The van der Waals surface area contributed by atoms with Crippen LogP contribution in [0.3, 0.4) is 0 Å². The number of alkyl halides is 1. The molecule has 0 saturated heterocycles. The van der Waals surface area contributed by atoms with E-state index in [0.29, 0.717) is 18.2 Å². The standard InChI is InChI=1S/C11H18ClF/c1-3-10(2)7-8-11(13)6-4-5-9-12/h4-6,10H,3,7-9H2,1-2H3/b5-4-,11-6+. The zero-order chi connectivity index (χ0) is 10.1. The van der Waals surface area contributed by atoms with Crippen LogP contribution in [0.5, 0.6) is 0 Å². The number of hydrogen-bond donors (Lipinski definition) is 0. The van der Waals surface area contributed by atoms with Gasteiger partial charge in [-0.15, -0.1) is 11.6 Å². The molecule has 0 N–H and O–H groups in total. The molecule has 0 fully saturated rings. The number of rotatable bonds is 6. The van der Waals surface area contributed by atoms with Crippen LogP contribution in [-0.2, 0) is 0 Å². The van der Waals surface area contributed by atoms with Gasteiger partial charge < -0.3 is 0 Å². The lowest BCUT2D eigenvalue weighted by Gasteiger charge is -2.05. The minimum Gasteiger partial charge on any atom is -0.212 e. The van der Waals surface area contributed by atoms with Crippen molar-refractivity contribution >= 4 is 11.6 Å². The third kappa shape index (κ3) is 8.04. The lowest BCUT2D eigenvalue weighted by molar-refractivity contribution is 0.475. The first-order chi connectivity index (χ1) is 6.20. The fourth-order valence-electron chi connectivity index (χ4n) is 0.896. The molecule has 1 atom stereocenters. The number of hydrogen-bond acceptors (Lipinski definition) is 0. The summed E-state index contributed by atoms with van der Waals surface area (Å²) < 4.78 is 13.0. The maximum Gasteiger partial charge on any atom is 0.0999 e. The first-order valence-electron chi connectivity index (χ1n) is 4.77. The second-order valence-electron chi connectivity index (χ2n) is 3.25. The molecule has 0 radical (unpaired) electrons. The lowest BCUT2D eigenvalue weighted by Crippen LogP contribution is -1.91. The van der Waals surface area contributed by atoms with Gasteiger partial charge in [0.25, 0.3) is 0 Å². The van der Waals surface area contributed by atoms with E-state index in [0.717, 1.165) is 12.8 Å². The van der Waals surface area contributed by atoms with Crippen molar-refractivity contribution in [1.82, 2.24) is 0 Å². The van der Waals surface area contributed by atoms with Gasteiger partial charge in [-0.25, -0.2) is 4.39 Å². The normalized spacial score (nSPS) is 15.2.